The number of urea groups is 1. The zero-order chi connectivity index (χ0) is 19.5. The molecule has 1 aliphatic rings. The van der Waals surface area contributed by atoms with Crippen LogP contribution in [0, 0.1) is 13.8 Å². The van der Waals surface area contributed by atoms with E-state index in [0.717, 1.165) is 41.4 Å². The molecule has 2 N–H and O–H groups in total. The fourth-order valence-electron chi connectivity index (χ4n) is 3.44. The van der Waals surface area contributed by atoms with E-state index in [1.165, 1.54) is 5.56 Å². The van der Waals surface area contributed by atoms with E-state index in [9.17, 15) is 4.79 Å². The van der Waals surface area contributed by atoms with Gasteiger partial charge in [-0.05, 0) is 37.6 Å². The van der Waals surface area contributed by atoms with Gasteiger partial charge in [0, 0.05) is 55.9 Å². The Kier molecular flexibility index (Phi) is 4.97. The third kappa shape index (κ3) is 3.83. The lowest BCUT2D eigenvalue weighted by atomic mass is 10.1. The summed E-state index contributed by atoms with van der Waals surface area (Å²) in [6, 6.07) is 11.9. The van der Waals surface area contributed by atoms with Gasteiger partial charge in [-0.3, -0.25) is 10.1 Å². The van der Waals surface area contributed by atoms with Gasteiger partial charge in [-0.25, -0.2) is 4.79 Å². The third-order valence-electron chi connectivity index (χ3n) is 5.07. The topological polar surface area (TPSA) is 77.2 Å². The molecule has 0 spiro atoms. The molecular formula is C21H24N6O. The Labute approximate surface area is 164 Å². The molecule has 0 bridgehead atoms. The number of piperazine rings is 1. The SMILES string of the molecule is Cc1ccc(NC(=O)N2CCN(c3cc(-c4ccncc4)[nH]n3)CC2)c(C)c1. The number of benzene rings is 1. The first kappa shape index (κ1) is 18.0. The number of aryl methyl sites for hydroxylation is 2. The van der Waals surface area contributed by atoms with E-state index >= 15 is 0 Å². The summed E-state index contributed by atoms with van der Waals surface area (Å²) in [6.07, 6.45) is 3.53. The van der Waals surface area contributed by atoms with Gasteiger partial charge in [0.2, 0.25) is 0 Å². The maximum Gasteiger partial charge on any atom is 0.321 e. The lowest BCUT2D eigenvalue weighted by Crippen LogP contribution is -2.50. The van der Waals surface area contributed by atoms with Crippen LogP contribution in [-0.4, -0.2) is 52.3 Å². The van der Waals surface area contributed by atoms with Gasteiger partial charge >= 0.3 is 6.03 Å². The number of carbonyl (C=O) groups excluding carboxylic acids is 1. The summed E-state index contributed by atoms with van der Waals surface area (Å²) in [5.41, 5.74) is 5.15. The summed E-state index contributed by atoms with van der Waals surface area (Å²) in [5, 5.41) is 10.5. The molecule has 1 aromatic carbocycles. The van der Waals surface area contributed by atoms with Crippen molar-refractivity contribution in [1.82, 2.24) is 20.1 Å². The first-order chi connectivity index (χ1) is 13.6. The highest BCUT2D eigenvalue weighted by Crippen LogP contribution is 2.22. The molecule has 1 aliphatic heterocycles. The largest absolute Gasteiger partial charge is 0.352 e. The van der Waals surface area contributed by atoms with Crippen molar-refractivity contribution in [2.75, 3.05) is 36.4 Å². The molecule has 3 aromatic rings. The smallest absolute Gasteiger partial charge is 0.321 e. The second-order valence-corrected chi connectivity index (χ2v) is 7.10. The number of hydrogen-bond donors (Lipinski definition) is 2. The number of amides is 2. The number of anilines is 2. The van der Waals surface area contributed by atoms with Crippen LogP contribution in [0.3, 0.4) is 0 Å². The van der Waals surface area contributed by atoms with Crippen molar-refractivity contribution in [3.63, 3.8) is 0 Å². The molecule has 0 atom stereocenters. The molecule has 3 heterocycles. The van der Waals surface area contributed by atoms with Crippen LogP contribution in [0.4, 0.5) is 16.3 Å². The fourth-order valence-corrected chi connectivity index (χ4v) is 3.44. The molecule has 0 aliphatic carbocycles. The van der Waals surface area contributed by atoms with Crippen molar-refractivity contribution < 1.29 is 4.79 Å². The quantitative estimate of drug-likeness (QED) is 0.734. The average molecular weight is 376 g/mol. The third-order valence-corrected chi connectivity index (χ3v) is 5.07. The number of rotatable bonds is 3. The maximum absolute atomic E-state index is 12.6. The molecule has 0 radical (unpaired) electrons. The number of hydrogen-bond acceptors (Lipinski definition) is 4. The van der Waals surface area contributed by atoms with Gasteiger partial charge in [0.15, 0.2) is 5.82 Å². The summed E-state index contributed by atoms with van der Waals surface area (Å²) < 4.78 is 0. The van der Waals surface area contributed by atoms with Gasteiger partial charge in [0.1, 0.15) is 0 Å². The molecule has 1 saturated heterocycles. The molecule has 28 heavy (non-hydrogen) atoms. The van der Waals surface area contributed by atoms with Crippen LogP contribution in [0.2, 0.25) is 0 Å². The number of H-pyrrole nitrogens is 1. The summed E-state index contributed by atoms with van der Waals surface area (Å²) in [7, 11) is 0. The number of aromatic amines is 1. The Hall–Kier alpha value is -3.35. The predicted molar refractivity (Wildman–Crippen MR) is 111 cm³/mol. The number of nitrogens with zero attached hydrogens (tertiary/aromatic N) is 4. The molecule has 1 fully saturated rings. The molecule has 4 rings (SSSR count). The lowest BCUT2D eigenvalue weighted by molar-refractivity contribution is 0.208. The Morgan fingerprint density at radius 1 is 1.04 bits per heavy atom. The van der Waals surface area contributed by atoms with Crippen molar-refractivity contribution >= 4 is 17.5 Å². The molecule has 7 nitrogen and oxygen atoms in total. The van der Waals surface area contributed by atoms with Gasteiger partial charge in [-0.2, -0.15) is 5.10 Å². The molecule has 144 valence electrons. The van der Waals surface area contributed by atoms with Crippen LogP contribution in [0.1, 0.15) is 11.1 Å². The van der Waals surface area contributed by atoms with Crippen LogP contribution in [0.5, 0.6) is 0 Å². The molecule has 2 aromatic heterocycles. The van der Waals surface area contributed by atoms with E-state index in [2.05, 4.69) is 31.5 Å². The van der Waals surface area contributed by atoms with Crippen LogP contribution >= 0.6 is 0 Å². The Morgan fingerprint density at radius 2 is 1.79 bits per heavy atom. The van der Waals surface area contributed by atoms with Crippen LogP contribution < -0.4 is 10.2 Å². The number of nitrogens with one attached hydrogen (secondary N) is 2. The van der Waals surface area contributed by atoms with E-state index in [0.29, 0.717) is 13.1 Å². The second kappa shape index (κ2) is 7.72. The zero-order valence-corrected chi connectivity index (χ0v) is 16.1. The van der Waals surface area contributed by atoms with E-state index in [-0.39, 0.29) is 6.03 Å². The van der Waals surface area contributed by atoms with Crippen LogP contribution in [0.15, 0.2) is 48.8 Å². The van der Waals surface area contributed by atoms with Crippen molar-refractivity contribution in [2.24, 2.45) is 0 Å². The van der Waals surface area contributed by atoms with E-state index < -0.39 is 0 Å². The molecule has 0 unspecified atom stereocenters. The Bertz CT molecular complexity index is 960. The minimum atomic E-state index is -0.0499. The number of carbonyl (C=O) groups is 1. The standard InChI is InChI=1S/C21H24N6O/c1-15-3-4-18(16(2)13-15)23-21(28)27-11-9-26(10-12-27)20-14-19(24-25-20)17-5-7-22-8-6-17/h3-8,13-14H,9-12H2,1-2H3,(H,23,28)(H,24,25). The van der Waals surface area contributed by atoms with Crippen molar-refractivity contribution in [3.05, 3.63) is 59.9 Å². The minimum absolute atomic E-state index is 0.0499. The fraction of sp³-hybridized carbons (Fsp3) is 0.286. The highest BCUT2D eigenvalue weighted by molar-refractivity contribution is 5.90. The lowest BCUT2D eigenvalue weighted by Gasteiger charge is -2.34. The first-order valence-electron chi connectivity index (χ1n) is 9.44. The normalized spacial score (nSPS) is 14.2. The highest BCUT2D eigenvalue weighted by atomic mass is 16.2. The first-order valence-corrected chi connectivity index (χ1v) is 9.44. The van der Waals surface area contributed by atoms with Gasteiger partial charge in [-0.15, -0.1) is 0 Å². The number of aromatic nitrogens is 3. The van der Waals surface area contributed by atoms with Crippen molar-refractivity contribution in [3.8, 4) is 11.3 Å². The van der Waals surface area contributed by atoms with Gasteiger partial charge in [0.25, 0.3) is 0 Å². The summed E-state index contributed by atoms with van der Waals surface area (Å²) in [6.45, 7) is 6.88. The Balaban J connectivity index is 1.35. The summed E-state index contributed by atoms with van der Waals surface area (Å²) in [5.74, 6) is 0.904. The van der Waals surface area contributed by atoms with Gasteiger partial charge in [-0.1, -0.05) is 17.7 Å². The highest BCUT2D eigenvalue weighted by Gasteiger charge is 2.23. The van der Waals surface area contributed by atoms with E-state index in [1.54, 1.807) is 12.4 Å². The van der Waals surface area contributed by atoms with Gasteiger partial charge < -0.3 is 15.1 Å². The second-order valence-electron chi connectivity index (χ2n) is 7.10. The van der Waals surface area contributed by atoms with Crippen molar-refractivity contribution in [1.29, 1.82) is 0 Å². The predicted octanol–water partition coefficient (Wildman–Crippen LogP) is 3.44. The average Bonchev–Trinajstić information content (AvgIpc) is 3.21. The molecule has 0 saturated carbocycles. The van der Waals surface area contributed by atoms with Crippen LogP contribution in [0.25, 0.3) is 11.3 Å². The molecule has 7 heteroatoms. The number of pyridine rings is 1. The van der Waals surface area contributed by atoms with E-state index in [1.807, 2.05) is 49.1 Å². The van der Waals surface area contributed by atoms with Crippen molar-refractivity contribution in [2.45, 2.75) is 13.8 Å². The van der Waals surface area contributed by atoms with Gasteiger partial charge in [0.05, 0.1) is 5.69 Å². The monoisotopic (exact) mass is 376 g/mol. The molecular weight excluding hydrogens is 352 g/mol. The van der Waals surface area contributed by atoms with Crippen LogP contribution in [-0.2, 0) is 0 Å². The summed E-state index contributed by atoms with van der Waals surface area (Å²) >= 11 is 0. The minimum Gasteiger partial charge on any atom is -0.352 e. The molecule has 2 amide bonds. The Morgan fingerprint density at radius 3 is 2.50 bits per heavy atom. The maximum atomic E-state index is 12.6. The van der Waals surface area contributed by atoms with E-state index in [4.69, 9.17) is 0 Å². The summed E-state index contributed by atoms with van der Waals surface area (Å²) in [4.78, 5) is 20.7. The zero-order valence-electron chi connectivity index (χ0n) is 16.1.